The van der Waals surface area contributed by atoms with Gasteiger partial charge >= 0.3 is 0 Å². The van der Waals surface area contributed by atoms with E-state index in [9.17, 15) is 0 Å². The minimum atomic E-state index is 0.444. The summed E-state index contributed by atoms with van der Waals surface area (Å²) in [7, 11) is 0. The van der Waals surface area contributed by atoms with Crippen molar-refractivity contribution >= 4 is 11.6 Å². The highest BCUT2D eigenvalue weighted by molar-refractivity contribution is 5.38. The van der Waals surface area contributed by atoms with Gasteiger partial charge in [0.15, 0.2) is 0 Å². The van der Waals surface area contributed by atoms with Crippen molar-refractivity contribution in [3.8, 4) is 0 Å². The first kappa shape index (κ1) is 11.4. The van der Waals surface area contributed by atoms with Crippen molar-refractivity contribution in [3.05, 3.63) is 48.0 Å². The summed E-state index contributed by atoms with van der Waals surface area (Å²) < 4.78 is 0. The molecule has 1 aromatic carbocycles. The predicted octanol–water partition coefficient (Wildman–Crippen LogP) is 2.10. The third-order valence-corrected chi connectivity index (χ3v) is 2.48. The number of nitrogens with two attached hydrogens (primary N) is 1. The van der Waals surface area contributed by atoms with Crippen LogP contribution in [0.3, 0.4) is 0 Å². The van der Waals surface area contributed by atoms with Crippen LogP contribution in [0.25, 0.3) is 0 Å². The van der Waals surface area contributed by atoms with Gasteiger partial charge in [-0.3, -0.25) is 0 Å². The third kappa shape index (κ3) is 3.75. The van der Waals surface area contributed by atoms with Crippen LogP contribution in [0.5, 0.6) is 0 Å². The normalized spacial score (nSPS) is 10.1. The summed E-state index contributed by atoms with van der Waals surface area (Å²) in [5.74, 6) is 1.21. The Kier molecular flexibility index (Phi) is 3.91. The second-order valence-electron chi connectivity index (χ2n) is 3.86. The van der Waals surface area contributed by atoms with E-state index < -0.39 is 0 Å². The fourth-order valence-electron chi connectivity index (χ4n) is 1.59. The summed E-state index contributed by atoms with van der Waals surface area (Å²) in [5, 5.41) is 10.9. The molecular weight excluding hydrogens is 212 g/mol. The van der Waals surface area contributed by atoms with Crippen molar-refractivity contribution in [2.45, 2.75) is 12.8 Å². The second kappa shape index (κ2) is 5.84. The maximum atomic E-state index is 5.46. The molecule has 2 aromatic rings. The van der Waals surface area contributed by atoms with E-state index in [0.29, 0.717) is 5.82 Å². The van der Waals surface area contributed by atoms with Crippen LogP contribution in [0.15, 0.2) is 42.5 Å². The fourth-order valence-corrected chi connectivity index (χ4v) is 1.59. The Morgan fingerprint density at radius 2 is 1.82 bits per heavy atom. The van der Waals surface area contributed by atoms with Crippen LogP contribution in [0.1, 0.15) is 12.0 Å². The van der Waals surface area contributed by atoms with E-state index in [1.807, 2.05) is 12.1 Å². The molecule has 0 bridgehead atoms. The molecule has 0 aliphatic heterocycles. The standard InChI is InChI=1S/C13H16N4/c14-12-8-9-13(17-16-12)15-10-4-7-11-5-2-1-3-6-11/h1-3,5-6,8-9H,4,7,10H2,(H2,14,16)(H,15,17). The lowest BCUT2D eigenvalue weighted by molar-refractivity contribution is 0.854. The quantitative estimate of drug-likeness (QED) is 0.769. The van der Waals surface area contributed by atoms with Crippen molar-refractivity contribution < 1.29 is 0 Å². The molecule has 0 saturated heterocycles. The molecule has 0 aliphatic carbocycles. The van der Waals surface area contributed by atoms with Gasteiger partial charge in [-0.25, -0.2) is 0 Å². The Bertz CT molecular complexity index is 439. The Morgan fingerprint density at radius 1 is 1.00 bits per heavy atom. The van der Waals surface area contributed by atoms with Gasteiger partial charge in [-0.05, 0) is 30.5 Å². The van der Waals surface area contributed by atoms with Crippen LogP contribution in [0.2, 0.25) is 0 Å². The van der Waals surface area contributed by atoms with Gasteiger partial charge in [-0.15, -0.1) is 10.2 Å². The summed E-state index contributed by atoms with van der Waals surface area (Å²) in [6.45, 7) is 0.882. The fraction of sp³-hybridized carbons (Fsp3) is 0.231. The Labute approximate surface area is 101 Å². The molecule has 0 fully saturated rings. The molecule has 17 heavy (non-hydrogen) atoms. The van der Waals surface area contributed by atoms with Gasteiger partial charge in [0, 0.05) is 6.54 Å². The molecule has 0 aliphatic rings. The number of benzene rings is 1. The number of hydrogen-bond acceptors (Lipinski definition) is 4. The Balaban J connectivity index is 1.71. The molecule has 0 amide bonds. The monoisotopic (exact) mass is 228 g/mol. The molecule has 0 unspecified atom stereocenters. The van der Waals surface area contributed by atoms with E-state index in [1.165, 1.54) is 5.56 Å². The molecule has 0 atom stereocenters. The lowest BCUT2D eigenvalue weighted by Gasteiger charge is -2.04. The first-order chi connectivity index (χ1) is 8.34. The van der Waals surface area contributed by atoms with Crippen molar-refractivity contribution in [2.24, 2.45) is 0 Å². The summed E-state index contributed by atoms with van der Waals surface area (Å²) in [4.78, 5) is 0. The summed E-state index contributed by atoms with van der Waals surface area (Å²) in [5.41, 5.74) is 6.82. The molecular formula is C13H16N4. The van der Waals surface area contributed by atoms with E-state index in [2.05, 4.69) is 39.8 Å². The van der Waals surface area contributed by atoms with Crippen LogP contribution >= 0.6 is 0 Å². The zero-order valence-corrected chi connectivity index (χ0v) is 9.63. The largest absolute Gasteiger partial charge is 0.382 e. The molecule has 0 spiro atoms. The van der Waals surface area contributed by atoms with Crippen LogP contribution in [0.4, 0.5) is 11.6 Å². The maximum absolute atomic E-state index is 5.46. The smallest absolute Gasteiger partial charge is 0.148 e. The van der Waals surface area contributed by atoms with Gasteiger partial charge in [0.2, 0.25) is 0 Å². The predicted molar refractivity (Wildman–Crippen MR) is 69.7 cm³/mol. The highest BCUT2D eigenvalue weighted by Crippen LogP contribution is 2.05. The molecule has 3 N–H and O–H groups in total. The Hall–Kier alpha value is -2.10. The number of aryl methyl sites for hydroxylation is 1. The number of nitrogens with zero attached hydrogens (tertiary/aromatic N) is 2. The van der Waals surface area contributed by atoms with Crippen molar-refractivity contribution in [2.75, 3.05) is 17.6 Å². The van der Waals surface area contributed by atoms with Gasteiger partial charge < -0.3 is 11.1 Å². The zero-order chi connectivity index (χ0) is 11.9. The van der Waals surface area contributed by atoms with Gasteiger partial charge in [0.1, 0.15) is 11.6 Å². The number of nitrogens with one attached hydrogen (secondary N) is 1. The number of nitrogen functional groups attached to an aromatic ring is 1. The highest BCUT2D eigenvalue weighted by Gasteiger charge is 1.95. The molecule has 1 aromatic heterocycles. The number of anilines is 2. The van der Waals surface area contributed by atoms with Crippen molar-refractivity contribution in [1.82, 2.24) is 10.2 Å². The topological polar surface area (TPSA) is 63.8 Å². The number of hydrogen-bond donors (Lipinski definition) is 2. The molecule has 4 heteroatoms. The van der Waals surface area contributed by atoms with Crippen LogP contribution < -0.4 is 11.1 Å². The average molecular weight is 228 g/mol. The van der Waals surface area contributed by atoms with Crippen LogP contribution in [-0.2, 0) is 6.42 Å². The molecule has 4 nitrogen and oxygen atoms in total. The van der Waals surface area contributed by atoms with Gasteiger partial charge in [-0.1, -0.05) is 30.3 Å². The van der Waals surface area contributed by atoms with E-state index in [-0.39, 0.29) is 0 Å². The third-order valence-electron chi connectivity index (χ3n) is 2.48. The lowest BCUT2D eigenvalue weighted by Crippen LogP contribution is -2.05. The maximum Gasteiger partial charge on any atom is 0.148 e. The lowest BCUT2D eigenvalue weighted by atomic mass is 10.1. The summed E-state index contributed by atoms with van der Waals surface area (Å²) in [6, 6.07) is 14.0. The Morgan fingerprint density at radius 3 is 2.53 bits per heavy atom. The molecule has 2 rings (SSSR count). The van der Waals surface area contributed by atoms with Crippen LogP contribution in [-0.4, -0.2) is 16.7 Å². The number of aromatic nitrogens is 2. The minimum absolute atomic E-state index is 0.444. The first-order valence-electron chi connectivity index (χ1n) is 5.71. The first-order valence-corrected chi connectivity index (χ1v) is 5.71. The average Bonchev–Trinajstić information content (AvgIpc) is 2.38. The van der Waals surface area contributed by atoms with E-state index in [0.717, 1.165) is 25.2 Å². The van der Waals surface area contributed by atoms with Gasteiger partial charge in [0.05, 0.1) is 0 Å². The summed E-state index contributed by atoms with van der Waals surface area (Å²) in [6.07, 6.45) is 2.13. The summed E-state index contributed by atoms with van der Waals surface area (Å²) >= 11 is 0. The van der Waals surface area contributed by atoms with Crippen molar-refractivity contribution in [3.63, 3.8) is 0 Å². The highest BCUT2D eigenvalue weighted by atomic mass is 15.2. The van der Waals surface area contributed by atoms with Crippen LogP contribution in [0, 0.1) is 0 Å². The minimum Gasteiger partial charge on any atom is -0.382 e. The molecule has 0 saturated carbocycles. The van der Waals surface area contributed by atoms with Gasteiger partial charge in [-0.2, -0.15) is 0 Å². The van der Waals surface area contributed by atoms with E-state index >= 15 is 0 Å². The van der Waals surface area contributed by atoms with Crippen molar-refractivity contribution in [1.29, 1.82) is 0 Å². The van der Waals surface area contributed by atoms with E-state index in [1.54, 1.807) is 6.07 Å². The second-order valence-corrected chi connectivity index (χ2v) is 3.86. The molecule has 0 radical (unpaired) electrons. The number of rotatable bonds is 5. The van der Waals surface area contributed by atoms with E-state index in [4.69, 9.17) is 5.73 Å². The SMILES string of the molecule is Nc1ccc(NCCCc2ccccc2)nn1. The molecule has 88 valence electrons. The van der Waals surface area contributed by atoms with Gasteiger partial charge in [0.25, 0.3) is 0 Å². The zero-order valence-electron chi connectivity index (χ0n) is 9.63. The molecule has 1 heterocycles.